The smallest absolute Gasteiger partial charge is 0.274 e. The van der Waals surface area contributed by atoms with Crippen molar-refractivity contribution < 1.29 is 4.79 Å². The Morgan fingerprint density at radius 2 is 1.89 bits per heavy atom. The van der Waals surface area contributed by atoms with Gasteiger partial charge < -0.3 is 9.88 Å². The van der Waals surface area contributed by atoms with Gasteiger partial charge in [0.2, 0.25) is 0 Å². The molecule has 6 nitrogen and oxygen atoms in total. The molecule has 0 radical (unpaired) electrons. The van der Waals surface area contributed by atoms with E-state index < -0.39 is 0 Å². The second kappa shape index (κ2) is 7.43. The Morgan fingerprint density at radius 1 is 1.07 bits per heavy atom. The minimum absolute atomic E-state index is 0.107. The number of nitrogens with zero attached hydrogens (tertiary/aromatic N) is 3. The lowest BCUT2D eigenvalue weighted by Gasteiger charge is -2.34. The van der Waals surface area contributed by atoms with Crippen molar-refractivity contribution in [2.75, 3.05) is 32.7 Å². The Kier molecular flexibility index (Phi) is 4.64. The Bertz CT molecular complexity index is 980. The van der Waals surface area contributed by atoms with E-state index in [1.165, 1.54) is 28.6 Å². The van der Waals surface area contributed by atoms with Crippen LogP contribution < -0.4 is 0 Å². The lowest BCUT2D eigenvalue weighted by Crippen LogP contribution is -2.49. The molecule has 28 heavy (non-hydrogen) atoms. The molecule has 1 aliphatic carbocycles. The standard InChI is InChI=1S/C22H27N5O/c28-22(21-18-6-2-4-8-20(18)24-25-21)27-13-11-26(12-14-27)10-9-16-15-23-19-7-3-1-5-17(16)19/h1,3,5,7,15,23H,2,4,6,8-14H2,(H,24,25). The number of amides is 1. The van der Waals surface area contributed by atoms with Gasteiger partial charge in [0.15, 0.2) is 5.69 Å². The fourth-order valence-electron chi connectivity index (χ4n) is 4.60. The van der Waals surface area contributed by atoms with Crippen molar-refractivity contribution in [1.29, 1.82) is 0 Å². The predicted molar refractivity (Wildman–Crippen MR) is 110 cm³/mol. The van der Waals surface area contributed by atoms with E-state index >= 15 is 0 Å². The number of aromatic amines is 2. The van der Waals surface area contributed by atoms with Crippen LogP contribution in [0.15, 0.2) is 30.5 Å². The van der Waals surface area contributed by atoms with E-state index in [0.29, 0.717) is 5.69 Å². The van der Waals surface area contributed by atoms with Crippen molar-refractivity contribution in [2.45, 2.75) is 32.1 Å². The number of benzene rings is 1. The highest BCUT2D eigenvalue weighted by atomic mass is 16.2. The van der Waals surface area contributed by atoms with Crippen molar-refractivity contribution >= 4 is 16.8 Å². The molecule has 0 atom stereocenters. The van der Waals surface area contributed by atoms with Crippen LogP contribution in [0.1, 0.15) is 40.2 Å². The number of carbonyl (C=O) groups excluding carboxylic acids is 1. The molecule has 1 saturated heterocycles. The molecular formula is C22H27N5O. The summed E-state index contributed by atoms with van der Waals surface area (Å²) >= 11 is 0. The minimum atomic E-state index is 0.107. The molecule has 1 fully saturated rings. The summed E-state index contributed by atoms with van der Waals surface area (Å²) in [5, 5.41) is 8.77. The number of hydrogen-bond donors (Lipinski definition) is 2. The van der Waals surface area contributed by atoms with Crippen LogP contribution >= 0.6 is 0 Å². The molecule has 6 heteroatoms. The van der Waals surface area contributed by atoms with Crippen molar-refractivity contribution in [3.63, 3.8) is 0 Å². The number of rotatable bonds is 4. The zero-order valence-electron chi connectivity index (χ0n) is 16.2. The van der Waals surface area contributed by atoms with Crippen molar-refractivity contribution in [3.8, 4) is 0 Å². The van der Waals surface area contributed by atoms with Crippen molar-refractivity contribution in [2.24, 2.45) is 0 Å². The summed E-state index contributed by atoms with van der Waals surface area (Å²) in [6.45, 7) is 4.46. The van der Waals surface area contributed by atoms with E-state index in [1.54, 1.807) is 0 Å². The summed E-state index contributed by atoms with van der Waals surface area (Å²) in [5.74, 6) is 0.107. The summed E-state index contributed by atoms with van der Waals surface area (Å²) in [6, 6.07) is 8.46. The molecule has 1 aliphatic heterocycles. The van der Waals surface area contributed by atoms with Crippen LogP contribution in [-0.2, 0) is 19.3 Å². The third-order valence-corrected chi connectivity index (χ3v) is 6.29. The summed E-state index contributed by atoms with van der Waals surface area (Å²) in [4.78, 5) is 20.8. The van der Waals surface area contributed by atoms with E-state index in [0.717, 1.165) is 64.0 Å². The van der Waals surface area contributed by atoms with E-state index in [-0.39, 0.29) is 5.91 Å². The van der Waals surface area contributed by atoms with Gasteiger partial charge in [-0.15, -0.1) is 0 Å². The molecule has 2 aromatic heterocycles. The second-order valence-electron chi connectivity index (χ2n) is 7.98. The monoisotopic (exact) mass is 377 g/mol. The quantitative estimate of drug-likeness (QED) is 0.735. The van der Waals surface area contributed by atoms with Crippen molar-refractivity contribution in [1.82, 2.24) is 25.0 Å². The van der Waals surface area contributed by atoms with Gasteiger partial charge in [0.05, 0.1) is 0 Å². The molecule has 3 heterocycles. The highest BCUT2D eigenvalue weighted by Gasteiger charge is 2.28. The van der Waals surface area contributed by atoms with Gasteiger partial charge in [-0.1, -0.05) is 18.2 Å². The number of aryl methyl sites for hydroxylation is 1. The molecular weight excluding hydrogens is 350 g/mol. The first-order valence-electron chi connectivity index (χ1n) is 10.4. The van der Waals surface area contributed by atoms with Crippen LogP contribution in [0.4, 0.5) is 0 Å². The van der Waals surface area contributed by atoms with Gasteiger partial charge in [0, 0.05) is 61.1 Å². The van der Waals surface area contributed by atoms with Gasteiger partial charge >= 0.3 is 0 Å². The molecule has 0 spiro atoms. The maximum atomic E-state index is 13.0. The highest BCUT2D eigenvalue weighted by Crippen LogP contribution is 2.23. The van der Waals surface area contributed by atoms with Gasteiger partial charge in [-0.05, 0) is 43.7 Å². The third kappa shape index (κ3) is 3.22. The Morgan fingerprint density at radius 3 is 2.79 bits per heavy atom. The fourth-order valence-corrected chi connectivity index (χ4v) is 4.60. The average Bonchev–Trinajstić information content (AvgIpc) is 3.36. The average molecular weight is 377 g/mol. The number of para-hydroxylation sites is 1. The molecule has 1 aromatic carbocycles. The molecule has 5 rings (SSSR count). The van der Waals surface area contributed by atoms with Gasteiger partial charge in [-0.2, -0.15) is 5.10 Å². The zero-order chi connectivity index (χ0) is 18.9. The van der Waals surface area contributed by atoms with Gasteiger partial charge in [0.1, 0.15) is 0 Å². The normalized spacial score (nSPS) is 17.8. The molecule has 146 valence electrons. The van der Waals surface area contributed by atoms with Crippen LogP contribution in [-0.4, -0.2) is 63.6 Å². The molecule has 2 aliphatic rings. The predicted octanol–water partition coefficient (Wildman–Crippen LogP) is 2.77. The van der Waals surface area contributed by atoms with Gasteiger partial charge in [-0.25, -0.2) is 0 Å². The summed E-state index contributed by atoms with van der Waals surface area (Å²) in [5.41, 5.74) is 5.58. The summed E-state index contributed by atoms with van der Waals surface area (Å²) < 4.78 is 0. The highest BCUT2D eigenvalue weighted by molar-refractivity contribution is 5.94. The Hall–Kier alpha value is -2.60. The molecule has 1 amide bonds. The molecule has 0 saturated carbocycles. The summed E-state index contributed by atoms with van der Waals surface area (Å²) in [6.07, 6.45) is 7.52. The van der Waals surface area contributed by atoms with Crippen molar-refractivity contribution in [3.05, 3.63) is 53.0 Å². The largest absolute Gasteiger partial charge is 0.361 e. The molecule has 2 N–H and O–H groups in total. The van der Waals surface area contributed by atoms with E-state index in [2.05, 4.69) is 50.5 Å². The topological polar surface area (TPSA) is 68.0 Å². The third-order valence-electron chi connectivity index (χ3n) is 6.29. The molecule has 3 aromatic rings. The number of nitrogens with one attached hydrogen (secondary N) is 2. The number of H-pyrrole nitrogens is 2. The Balaban J connectivity index is 1.17. The van der Waals surface area contributed by atoms with Gasteiger partial charge in [0.25, 0.3) is 5.91 Å². The maximum Gasteiger partial charge on any atom is 0.274 e. The van der Waals surface area contributed by atoms with Crippen LogP contribution in [0, 0.1) is 0 Å². The van der Waals surface area contributed by atoms with E-state index in [1.807, 2.05) is 4.90 Å². The lowest BCUT2D eigenvalue weighted by molar-refractivity contribution is 0.0631. The van der Waals surface area contributed by atoms with E-state index in [4.69, 9.17) is 0 Å². The SMILES string of the molecule is O=C(c1n[nH]c2c1CCCC2)N1CCN(CCc2c[nH]c3ccccc23)CC1. The van der Waals surface area contributed by atoms with Crippen LogP contribution in [0.25, 0.3) is 10.9 Å². The zero-order valence-corrected chi connectivity index (χ0v) is 16.2. The maximum absolute atomic E-state index is 13.0. The first-order valence-corrected chi connectivity index (χ1v) is 10.4. The number of aromatic nitrogens is 3. The lowest BCUT2D eigenvalue weighted by atomic mass is 9.95. The first-order chi connectivity index (χ1) is 13.8. The van der Waals surface area contributed by atoms with E-state index in [9.17, 15) is 4.79 Å². The van der Waals surface area contributed by atoms with Gasteiger partial charge in [-0.3, -0.25) is 14.8 Å². The Labute approximate surface area is 164 Å². The minimum Gasteiger partial charge on any atom is -0.361 e. The van der Waals surface area contributed by atoms with Crippen LogP contribution in [0.3, 0.4) is 0 Å². The first kappa shape index (κ1) is 17.5. The fraction of sp³-hybridized carbons (Fsp3) is 0.455. The number of fused-ring (bicyclic) bond motifs is 2. The van der Waals surface area contributed by atoms with Crippen LogP contribution in [0.5, 0.6) is 0 Å². The second-order valence-corrected chi connectivity index (χ2v) is 7.98. The molecule has 0 bridgehead atoms. The number of carbonyl (C=O) groups is 1. The molecule has 0 unspecified atom stereocenters. The number of piperazine rings is 1. The van der Waals surface area contributed by atoms with Crippen LogP contribution in [0.2, 0.25) is 0 Å². The number of hydrogen-bond acceptors (Lipinski definition) is 3. The summed E-state index contributed by atoms with van der Waals surface area (Å²) in [7, 11) is 0.